The van der Waals surface area contributed by atoms with E-state index in [-0.39, 0.29) is 0 Å². The highest BCUT2D eigenvalue weighted by molar-refractivity contribution is 5.84. The number of fused-ring (bicyclic) bond motifs is 2. The Hall–Kier alpha value is -2.08. The van der Waals surface area contributed by atoms with Gasteiger partial charge in [0.1, 0.15) is 0 Å². The van der Waals surface area contributed by atoms with E-state index < -0.39 is 0 Å². The van der Waals surface area contributed by atoms with E-state index in [1.807, 2.05) is 0 Å². The summed E-state index contributed by atoms with van der Waals surface area (Å²) in [5, 5.41) is 2.79. The highest BCUT2D eigenvalue weighted by atomic mass is 14.2. The maximum Gasteiger partial charge on any atom is -0.0118 e. The van der Waals surface area contributed by atoms with Crippen molar-refractivity contribution in [2.75, 3.05) is 0 Å². The molecular weight excluding hydrogens is 312 g/mol. The first-order valence-electron chi connectivity index (χ1n) is 10.4. The highest BCUT2D eigenvalue weighted by Crippen LogP contribution is 2.34. The predicted octanol–water partition coefficient (Wildman–Crippen LogP) is 7.02. The van der Waals surface area contributed by atoms with Crippen molar-refractivity contribution >= 4 is 10.8 Å². The van der Waals surface area contributed by atoms with E-state index in [4.69, 9.17) is 0 Å². The summed E-state index contributed by atoms with van der Waals surface area (Å²) < 4.78 is 0. The lowest BCUT2D eigenvalue weighted by Gasteiger charge is -2.26. The van der Waals surface area contributed by atoms with Gasteiger partial charge in [0.05, 0.1) is 0 Å². The zero-order chi connectivity index (χ0) is 17.9. The lowest BCUT2D eigenvalue weighted by Crippen LogP contribution is -2.13. The first-order chi connectivity index (χ1) is 12.8. The fourth-order valence-electron chi connectivity index (χ4n) is 4.42. The van der Waals surface area contributed by atoms with Crippen LogP contribution in [-0.2, 0) is 25.7 Å². The quantitative estimate of drug-likeness (QED) is 0.467. The van der Waals surface area contributed by atoms with Crippen molar-refractivity contribution in [3.05, 3.63) is 82.4 Å². The van der Waals surface area contributed by atoms with Gasteiger partial charge in [0, 0.05) is 0 Å². The molecule has 0 aliphatic heterocycles. The Kier molecular flexibility index (Phi) is 5.11. The normalized spacial score (nSPS) is 16.6. The van der Waals surface area contributed by atoms with Gasteiger partial charge < -0.3 is 0 Å². The molecule has 1 aliphatic rings. The number of hydrogen-bond donors (Lipinski definition) is 0. The Labute approximate surface area is 158 Å². The van der Waals surface area contributed by atoms with Crippen LogP contribution in [-0.4, -0.2) is 0 Å². The standard InChI is InChI=1S/C26H30/c1-3-5-6-20-8-10-24-18-26(14-12-22(24)16-20)25-13-11-21-15-19(4-2)7-9-23(21)17-25/h7-10,12,14-16,18,25H,3-6,11,13,17H2,1-2H3. The number of unbranched alkanes of at least 4 members (excludes halogenated alkanes) is 1. The molecule has 0 nitrogen and oxygen atoms in total. The fraction of sp³-hybridized carbons (Fsp3) is 0.385. The Morgan fingerprint density at radius 1 is 0.808 bits per heavy atom. The minimum atomic E-state index is 0.666. The lowest BCUT2D eigenvalue weighted by atomic mass is 9.79. The molecule has 4 rings (SSSR count). The van der Waals surface area contributed by atoms with E-state index in [2.05, 4.69) is 68.4 Å². The molecule has 0 fully saturated rings. The van der Waals surface area contributed by atoms with Crippen molar-refractivity contribution in [3.8, 4) is 0 Å². The molecule has 0 saturated carbocycles. The third kappa shape index (κ3) is 3.56. The van der Waals surface area contributed by atoms with Crippen molar-refractivity contribution in [1.82, 2.24) is 0 Å². The van der Waals surface area contributed by atoms with E-state index >= 15 is 0 Å². The molecule has 0 bridgehead atoms. The first kappa shape index (κ1) is 17.3. The van der Waals surface area contributed by atoms with Crippen LogP contribution in [0.5, 0.6) is 0 Å². The molecule has 3 aromatic carbocycles. The fourth-order valence-corrected chi connectivity index (χ4v) is 4.42. The summed E-state index contributed by atoms with van der Waals surface area (Å²) in [5.41, 5.74) is 7.62. The van der Waals surface area contributed by atoms with Crippen molar-refractivity contribution in [2.24, 2.45) is 0 Å². The van der Waals surface area contributed by atoms with Gasteiger partial charge >= 0.3 is 0 Å². The number of benzene rings is 3. The number of hydrogen-bond acceptors (Lipinski definition) is 0. The lowest BCUT2D eigenvalue weighted by molar-refractivity contribution is 0.585. The molecule has 3 aromatic rings. The van der Waals surface area contributed by atoms with E-state index in [9.17, 15) is 0 Å². The maximum absolute atomic E-state index is 2.44. The van der Waals surface area contributed by atoms with Gasteiger partial charge in [0.25, 0.3) is 0 Å². The predicted molar refractivity (Wildman–Crippen MR) is 113 cm³/mol. The van der Waals surface area contributed by atoms with Crippen LogP contribution in [0.15, 0.2) is 54.6 Å². The van der Waals surface area contributed by atoms with Gasteiger partial charge in [0.2, 0.25) is 0 Å². The molecule has 0 radical (unpaired) electrons. The van der Waals surface area contributed by atoms with Crippen molar-refractivity contribution in [3.63, 3.8) is 0 Å². The maximum atomic E-state index is 2.44. The molecule has 1 aliphatic carbocycles. The van der Waals surface area contributed by atoms with Crippen molar-refractivity contribution in [1.29, 1.82) is 0 Å². The third-order valence-electron chi connectivity index (χ3n) is 6.13. The summed E-state index contributed by atoms with van der Waals surface area (Å²) in [4.78, 5) is 0. The molecule has 0 spiro atoms. The third-order valence-corrected chi connectivity index (χ3v) is 6.13. The zero-order valence-electron chi connectivity index (χ0n) is 16.2. The van der Waals surface area contributed by atoms with Crippen LogP contribution in [0.1, 0.15) is 66.8 Å². The highest BCUT2D eigenvalue weighted by Gasteiger charge is 2.20. The van der Waals surface area contributed by atoms with Crippen LogP contribution < -0.4 is 0 Å². The molecule has 1 atom stereocenters. The van der Waals surface area contributed by atoms with E-state index in [1.54, 1.807) is 11.1 Å². The topological polar surface area (TPSA) is 0 Å². The second-order valence-corrected chi connectivity index (χ2v) is 7.94. The first-order valence-corrected chi connectivity index (χ1v) is 10.4. The Morgan fingerprint density at radius 2 is 1.62 bits per heavy atom. The average molecular weight is 343 g/mol. The van der Waals surface area contributed by atoms with Crippen molar-refractivity contribution < 1.29 is 0 Å². The van der Waals surface area contributed by atoms with Gasteiger partial charge in [0.15, 0.2) is 0 Å². The summed E-state index contributed by atoms with van der Waals surface area (Å²) in [6.07, 6.45) is 8.58. The van der Waals surface area contributed by atoms with E-state index in [0.717, 1.165) is 6.42 Å². The molecule has 0 amide bonds. The van der Waals surface area contributed by atoms with Gasteiger partial charge in [-0.25, -0.2) is 0 Å². The summed E-state index contributed by atoms with van der Waals surface area (Å²) in [6, 6.07) is 21.3. The number of aryl methyl sites for hydroxylation is 3. The summed E-state index contributed by atoms with van der Waals surface area (Å²) in [6.45, 7) is 4.51. The largest absolute Gasteiger partial charge is 0.0654 e. The molecule has 1 unspecified atom stereocenters. The van der Waals surface area contributed by atoms with Crippen LogP contribution >= 0.6 is 0 Å². The van der Waals surface area contributed by atoms with Gasteiger partial charge in [-0.3, -0.25) is 0 Å². The van der Waals surface area contributed by atoms with Crippen molar-refractivity contribution in [2.45, 2.75) is 64.7 Å². The Morgan fingerprint density at radius 3 is 2.46 bits per heavy atom. The molecule has 0 N–H and O–H groups in total. The second-order valence-electron chi connectivity index (χ2n) is 7.94. The average Bonchev–Trinajstić information content (AvgIpc) is 2.70. The van der Waals surface area contributed by atoms with Gasteiger partial charge in [-0.2, -0.15) is 0 Å². The SMILES string of the molecule is CCCCc1ccc2cc(C3CCc4cc(CC)ccc4C3)ccc2c1. The van der Waals surface area contributed by atoms with Crippen LogP contribution in [0.2, 0.25) is 0 Å². The van der Waals surface area contributed by atoms with Crippen LogP contribution in [0.4, 0.5) is 0 Å². The van der Waals surface area contributed by atoms with Gasteiger partial charge in [-0.05, 0) is 83.0 Å². The molecule has 0 aromatic heterocycles. The minimum Gasteiger partial charge on any atom is -0.0654 e. The van der Waals surface area contributed by atoms with Crippen LogP contribution in [0, 0.1) is 0 Å². The van der Waals surface area contributed by atoms with Gasteiger partial charge in [-0.15, -0.1) is 0 Å². The smallest absolute Gasteiger partial charge is 0.0118 e. The van der Waals surface area contributed by atoms with Crippen LogP contribution in [0.25, 0.3) is 10.8 Å². The molecule has 0 heteroatoms. The zero-order valence-corrected chi connectivity index (χ0v) is 16.2. The molecule has 134 valence electrons. The second kappa shape index (κ2) is 7.66. The van der Waals surface area contributed by atoms with E-state index in [0.29, 0.717) is 5.92 Å². The van der Waals surface area contributed by atoms with E-state index in [1.165, 1.54) is 66.0 Å². The molecular formula is C26H30. The molecule has 0 heterocycles. The molecule has 26 heavy (non-hydrogen) atoms. The summed E-state index contributed by atoms with van der Waals surface area (Å²) in [7, 11) is 0. The van der Waals surface area contributed by atoms with Gasteiger partial charge in [-0.1, -0.05) is 74.9 Å². The monoisotopic (exact) mass is 342 g/mol. The number of rotatable bonds is 5. The van der Waals surface area contributed by atoms with Crippen LogP contribution in [0.3, 0.4) is 0 Å². The minimum absolute atomic E-state index is 0.666. The summed E-state index contributed by atoms with van der Waals surface area (Å²) >= 11 is 0. The summed E-state index contributed by atoms with van der Waals surface area (Å²) in [5.74, 6) is 0.666. The molecule has 0 saturated heterocycles. The Balaban J connectivity index is 1.56. The Bertz CT molecular complexity index is 903.